The molecule has 0 aliphatic rings. The number of nitrogens with zero attached hydrogens (tertiary/aromatic N) is 2. The Morgan fingerprint density at radius 1 is 0.305 bits per heavy atom. The Kier molecular flexibility index (Phi) is 7.08. The van der Waals surface area contributed by atoms with Crippen LogP contribution in [0.3, 0.4) is 0 Å². The number of rotatable bonds is 4. The van der Waals surface area contributed by atoms with E-state index in [4.69, 9.17) is 4.98 Å². The number of aromatic nitrogens is 2. The Balaban J connectivity index is 1.07. The van der Waals surface area contributed by atoms with Gasteiger partial charge >= 0.3 is 0 Å². The summed E-state index contributed by atoms with van der Waals surface area (Å²) in [5.41, 5.74) is 12.8. The minimum absolute atomic E-state index is 0.954. The van der Waals surface area contributed by atoms with Crippen LogP contribution >= 0.6 is 22.7 Å². The molecule has 0 fully saturated rings. The second-order valence-corrected chi connectivity index (χ2v) is 17.7. The SMILES string of the molecule is c1ccc(-c2ccc3c(c2)c2cc(-c4cc(-c5ccc6c(c5)sc5ccccc56)cc(-c5ccc6sc7ccccc7c6c5)c4)ccc2c2c3nc3ccccn32)cc1. The quantitative estimate of drug-likeness (QED) is 0.163. The molecule has 59 heavy (non-hydrogen) atoms. The Morgan fingerprint density at radius 2 is 0.814 bits per heavy atom. The molecule has 4 heteroatoms. The molecule has 9 aromatic carbocycles. The average molecular weight is 785 g/mol. The van der Waals surface area contributed by atoms with Crippen molar-refractivity contribution < 1.29 is 0 Å². The summed E-state index contributed by atoms with van der Waals surface area (Å²) in [5.74, 6) is 0. The van der Waals surface area contributed by atoms with Crippen molar-refractivity contribution in [3.8, 4) is 44.5 Å². The smallest absolute Gasteiger partial charge is 0.137 e. The average Bonchev–Trinajstić information content (AvgIpc) is 4.00. The molecule has 0 amide bonds. The van der Waals surface area contributed by atoms with Crippen molar-refractivity contribution >= 4 is 101 Å². The first-order chi connectivity index (χ1) is 29.2. The lowest BCUT2D eigenvalue weighted by Crippen LogP contribution is -1.89. The van der Waals surface area contributed by atoms with Crippen molar-refractivity contribution in [3.63, 3.8) is 0 Å². The first-order valence-electron chi connectivity index (χ1n) is 20.0. The molecule has 0 unspecified atom stereocenters. The predicted molar refractivity (Wildman–Crippen MR) is 255 cm³/mol. The Bertz CT molecular complexity index is 3850. The predicted octanol–water partition coefficient (Wildman–Crippen LogP) is 16.2. The van der Waals surface area contributed by atoms with Crippen LogP contribution in [-0.2, 0) is 0 Å². The Hall–Kier alpha value is -7.11. The topological polar surface area (TPSA) is 17.3 Å². The summed E-state index contributed by atoms with van der Waals surface area (Å²) in [7, 11) is 0. The third-order valence-electron chi connectivity index (χ3n) is 12.2. The molecule has 274 valence electrons. The van der Waals surface area contributed by atoms with Gasteiger partial charge in [-0.15, -0.1) is 22.7 Å². The maximum Gasteiger partial charge on any atom is 0.137 e. The van der Waals surface area contributed by atoms with Gasteiger partial charge in [-0.05, 0) is 128 Å². The van der Waals surface area contributed by atoms with Gasteiger partial charge < -0.3 is 0 Å². The van der Waals surface area contributed by atoms with Crippen LogP contribution in [0, 0.1) is 0 Å². The fraction of sp³-hybridized carbons (Fsp3) is 0. The van der Waals surface area contributed by atoms with Crippen molar-refractivity contribution in [2.45, 2.75) is 0 Å². The minimum atomic E-state index is 0.954. The number of benzene rings is 9. The molecule has 0 atom stereocenters. The van der Waals surface area contributed by atoms with Crippen LogP contribution in [0.15, 0.2) is 194 Å². The lowest BCUT2D eigenvalue weighted by atomic mass is 9.90. The Labute approximate surface area is 347 Å². The number of hydrogen-bond donors (Lipinski definition) is 0. The van der Waals surface area contributed by atoms with E-state index >= 15 is 0 Å². The van der Waals surface area contributed by atoms with Gasteiger partial charge in [-0.25, -0.2) is 4.98 Å². The number of pyridine rings is 1. The van der Waals surface area contributed by atoms with Crippen molar-refractivity contribution in [1.82, 2.24) is 9.38 Å². The molecular formula is C55H32N2S2. The van der Waals surface area contributed by atoms with E-state index in [9.17, 15) is 0 Å². The molecule has 0 aliphatic heterocycles. The summed E-state index contributed by atoms with van der Waals surface area (Å²) in [6, 6.07) is 69.6. The third kappa shape index (κ3) is 5.14. The first-order valence-corrected chi connectivity index (χ1v) is 21.6. The molecule has 4 heterocycles. The van der Waals surface area contributed by atoms with E-state index < -0.39 is 0 Å². The summed E-state index contributed by atoms with van der Waals surface area (Å²) in [6.07, 6.45) is 2.14. The first kappa shape index (κ1) is 32.9. The number of hydrogen-bond acceptors (Lipinski definition) is 3. The van der Waals surface area contributed by atoms with E-state index in [1.165, 1.54) is 101 Å². The van der Waals surface area contributed by atoms with Gasteiger partial charge in [-0.2, -0.15) is 0 Å². The number of thiophene rings is 2. The molecule has 0 radical (unpaired) electrons. The highest BCUT2D eigenvalue weighted by atomic mass is 32.1. The van der Waals surface area contributed by atoms with Crippen LogP contribution < -0.4 is 0 Å². The maximum absolute atomic E-state index is 5.20. The summed E-state index contributed by atoms with van der Waals surface area (Å²) in [6.45, 7) is 0. The van der Waals surface area contributed by atoms with E-state index in [2.05, 4.69) is 199 Å². The van der Waals surface area contributed by atoms with E-state index in [0.29, 0.717) is 0 Å². The lowest BCUT2D eigenvalue weighted by Gasteiger charge is -2.14. The van der Waals surface area contributed by atoms with E-state index in [1.807, 2.05) is 22.7 Å². The van der Waals surface area contributed by atoms with Crippen LogP contribution in [0.2, 0.25) is 0 Å². The van der Waals surface area contributed by atoms with Gasteiger partial charge in [-0.3, -0.25) is 4.40 Å². The molecule has 0 bridgehead atoms. The van der Waals surface area contributed by atoms with Crippen LogP contribution in [-0.4, -0.2) is 9.38 Å². The largest absolute Gasteiger partial charge is 0.299 e. The zero-order valence-corrected chi connectivity index (χ0v) is 33.3. The molecular weight excluding hydrogens is 753 g/mol. The molecule has 2 nitrogen and oxygen atoms in total. The molecule has 0 saturated carbocycles. The summed E-state index contributed by atoms with van der Waals surface area (Å²) in [5, 5.41) is 10.1. The summed E-state index contributed by atoms with van der Waals surface area (Å²) in [4.78, 5) is 5.20. The van der Waals surface area contributed by atoms with Gasteiger partial charge in [0, 0.05) is 57.3 Å². The highest BCUT2D eigenvalue weighted by Gasteiger charge is 2.18. The van der Waals surface area contributed by atoms with Gasteiger partial charge in [-0.1, -0.05) is 115 Å². The van der Waals surface area contributed by atoms with Gasteiger partial charge in [0.05, 0.1) is 11.0 Å². The second-order valence-electron chi connectivity index (χ2n) is 15.5. The molecule has 0 N–H and O–H groups in total. The van der Waals surface area contributed by atoms with Crippen LogP contribution in [0.4, 0.5) is 0 Å². The molecule has 0 aliphatic carbocycles. The fourth-order valence-corrected chi connectivity index (χ4v) is 11.5. The van der Waals surface area contributed by atoms with E-state index in [-0.39, 0.29) is 0 Å². The summed E-state index contributed by atoms with van der Waals surface area (Å²) < 4.78 is 7.52. The van der Waals surface area contributed by atoms with Gasteiger partial charge in [0.25, 0.3) is 0 Å². The highest BCUT2D eigenvalue weighted by molar-refractivity contribution is 7.26. The monoisotopic (exact) mass is 784 g/mol. The van der Waals surface area contributed by atoms with Crippen molar-refractivity contribution in [3.05, 3.63) is 194 Å². The van der Waals surface area contributed by atoms with Gasteiger partial charge in [0.1, 0.15) is 5.65 Å². The number of fused-ring (bicyclic) bond motifs is 14. The van der Waals surface area contributed by atoms with Crippen molar-refractivity contribution in [2.75, 3.05) is 0 Å². The normalized spacial score (nSPS) is 12.1. The van der Waals surface area contributed by atoms with Crippen molar-refractivity contribution in [2.24, 2.45) is 0 Å². The summed E-state index contributed by atoms with van der Waals surface area (Å²) >= 11 is 3.74. The molecule has 13 aromatic rings. The van der Waals surface area contributed by atoms with Gasteiger partial charge in [0.15, 0.2) is 0 Å². The van der Waals surface area contributed by atoms with Crippen molar-refractivity contribution in [1.29, 1.82) is 0 Å². The third-order valence-corrected chi connectivity index (χ3v) is 14.5. The maximum atomic E-state index is 5.20. The van der Waals surface area contributed by atoms with Crippen LogP contribution in [0.5, 0.6) is 0 Å². The molecule has 0 saturated heterocycles. The van der Waals surface area contributed by atoms with E-state index in [1.54, 1.807) is 0 Å². The van der Waals surface area contributed by atoms with Crippen LogP contribution in [0.1, 0.15) is 0 Å². The standard InChI is InChI=1S/C55H32N2S2/c1-2-10-33(11-3-1)34-18-22-44-46(29-34)47-30-35(19-23-45(47)55-54(44)56-53-16-8-9-25-57(53)55)38-26-39(36-20-24-51-48(31-36)42-13-5-7-15-50(42)58-51)28-40(27-38)37-17-21-43-41-12-4-6-14-49(41)59-52(43)32-37/h1-32H. The molecule has 0 spiro atoms. The van der Waals surface area contributed by atoms with Crippen LogP contribution in [0.25, 0.3) is 123 Å². The fourth-order valence-electron chi connectivity index (χ4n) is 9.32. The minimum Gasteiger partial charge on any atom is -0.299 e. The molecule has 4 aromatic heterocycles. The van der Waals surface area contributed by atoms with Gasteiger partial charge in [0.2, 0.25) is 0 Å². The molecule has 13 rings (SSSR count). The zero-order chi connectivity index (χ0) is 38.6. The highest BCUT2D eigenvalue weighted by Crippen LogP contribution is 2.43. The zero-order valence-electron chi connectivity index (χ0n) is 31.7. The number of imidazole rings is 1. The lowest BCUT2D eigenvalue weighted by molar-refractivity contribution is 1.23. The second kappa shape index (κ2) is 12.7. The van der Waals surface area contributed by atoms with E-state index in [0.717, 1.165) is 22.1 Å². The Morgan fingerprint density at radius 3 is 1.56 bits per heavy atom.